The summed E-state index contributed by atoms with van der Waals surface area (Å²) in [6, 6.07) is 24.1. The fraction of sp³-hybridized carbons (Fsp3) is 0.194. The molecule has 1 unspecified atom stereocenters. The topological polar surface area (TPSA) is 163 Å². The molecule has 0 radical (unpaired) electrons. The van der Waals surface area contributed by atoms with Crippen LogP contribution >= 0.6 is 0 Å². The van der Waals surface area contributed by atoms with Crippen molar-refractivity contribution in [1.82, 2.24) is 9.55 Å². The quantitative estimate of drug-likeness (QED) is 0.220. The molecule has 0 saturated carbocycles. The first-order chi connectivity index (χ1) is 20.9. The van der Waals surface area contributed by atoms with Gasteiger partial charge in [0.15, 0.2) is 18.4 Å². The highest BCUT2D eigenvalue weighted by Crippen LogP contribution is 2.34. The van der Waals surface area contributed by atoms with Gasteiger partial charge in [0.2, 0.25) is 0 Å². The number of aliphatic hydroxyl groups is 1. The SMILES string of the molecule is O=C(OC[C@H]1O[C@@H](n2cc(CO)c(=O)[nH]c2=O)[C@@H](OC(=O)c2ccccc2)C1OC(=O)c1ccccc1)c1ccccc1. The summed E-state index contributed by atoms with van der Waals surface area (Å²) in [7, 11) is 0. The summed E-state index contributed by atoms with van der Waals surface area (Å²) in [6.07, 6.45) is -4.48. The number of H-pyrrole nitrogens is 1. The number of carbonyl (C=O) groups excluding carboxylic acids is 3. The zero-order valence-corrected chi connectivity index (χ0v) is 22.5. The fourth-order valence-electron chi connectivity index (χ4n) is 4.51. The number of benzene rings is 3. The third kappa shape index (κ3) is 6.61. The van der Waals surface area contributed by atoms with Gasteiger partial charge < -0.3 is 24.1 Å². The van der Waals surface area contributed by atoms with Crippen molar-refractivity contribution in [2.75, 3.05) is 6.61 Å². The summed E-state index contributed by atoms with van der Waals surface area (Å²) in [5.41, 5.74) is -1.33. The third-order valence-electron chi connectivity index (χ3n) is 6.66. The number of hydrogen-bond acceptors (Lipinski definition) is 10. The molecule has 5 rings (SSSR count). The Bertz CT molecular complexity index is 1700. The van der Waals surface area contributed by atoms with Crippen LogP contribution in [0, 0.1) is 0 Å². The van der Waals surface area contributed by atoms with Gasteiger partial charge in [-0.15, -0.1) is 0 Å². The fourth-order valence-corrected chi connectivity index (χ4v) is 4.51. The number of ether oxygens (including phenoxy) is 4. The highest BCUT2D eigenvalue weighted by atomic mass is 16.7. The van der Waals surface area contributed by atoms with E-state index in [1.54, 1.807) is 66.7 Å². The molecule has 0 amide bonds. The van der Waals surface area contributed by atoms with E-state index < -0.39 is 66.9 Å². The van der Waals surface area contributed by atoms with Crippen LogP contribution in [0.15, 0.2) is 107 Å². The standard InChI is InChI=1S/C31H26N2O10/c34-17-22-16-33(31(39)32-26(22)35)27-25(43-30(38)21-14-8-3-9-15-21)24(42-29(37)20-12-6-2-7-13-20)23(41-27)18-40-28(36)19-10-4-1-5-11-19/h1-16,23-25,27,34H,17-18H2,(H,32,35,39)/t23-,24?,25+,27-/m1/s1. The van der Waals surface area contributed by atoms with Crippen molar-refractivity contribution in [3.8, 4) is 0 Å². The summed E-state index contributed by atoms with van der Waals surface area (Å²) in [5, 5.41) is 9.65. The van der Waals surface area contributed by atoms with E-state index in [0.717, 1.165) is 10.8 Å². The zero-order valence-electron chi connectivity index (χ0n) is 22.5. The molecule has 220 valence electrons. The van der Waals surface area contributed by atoms with E-state index >= 15 is 0 Å². The van der Waals surface area contributed by atoms with Crippen molar-refractivity contribution in [2.45, 2.75) is 31.1 Å². The lowest BCUT2D eigenvalue weighted by molar-refractivity contribution is -0.0641. The summed E-state index contributed by atoms with van der Waals surface area (Å²) < 4.78 is 24.1. The molecule has 12 heteroatoms. The van der Waals surface area contributed by atoms with Crippen molar-refractivity contribution in [2.24, 2.45) is 0 Å². The highest BCUT2D eigenvalue weighted by molar-refractivity contribution is 5.91. The van der Waals surface area contributed by atoms with E-state index in [0.29, 0.717) is 0 Å². The number of aromatic nitrogens is 2. The maximum absolute atomic E-state index is 13.2. The predicted octanol–water partition coefficient (Wildman–Crippen LogP) is 2.23. The van der Waals surface area contributed by atoms with Gasteiger partial charge in [-0.3, -0.25) is 14.3 Å². The van der Waals surface area contributed by atoms with Crippen LogP contribution in [0.2, 0.25) is 0 Å². The van der Waals surface area contributed by atoms with E-state index in [1.165, 1.54) is 24.3 Å². The van der Waals surface area contributed by atoms with Gasteiger partial charge in [-0.05, 0) is 36.4 Å². The van der Waals surface area contributed by atoms with Crippen molar-refractivity contribution in [1.29, 1.82) is 0 Å². The molecule has 1 saturated heterocycles. The van der Waals surface area contributed by atoms with E-state index in [1.807, 2.05) is 0 Å². The Morgan fingerprint density at radius 2 is 1.23 bits per heavy atom. The molecule has 12 nitrogen and oxygen atoms in total. The molecule has 2 N–H and O–H groups in total. The van der Waals surface area contributed by atoms with Crippen molar-refractivity contribution in [3.05, 3.63) is 140 Å². The maximum Gasteiger partial charge on any atom is 0.338 e. The van der Waals surface area contributed by atoms with Crippen LogP contribution in [0.3, 0.4) is 0 Å². The lowest BCUT2D eigenvalue weighted by Gasteiger charge is -2.25. The summed E-state index contributed by atoms with van der Waals surface area (Å²) in [6.45, 7) is -1.16. The Kier molecular flexibility index (Phi) is 8.89. The van der Waals surface area contributed by atoms with Crippen LogP contribution in [0.25, 0.3) is 0 Å². The Balaban J connectivity index is 1.53. The number of rotatable bonds is 9. The molecule has 4 atom stereocenters. The zero-order chi connectivity index (χ0) is 30.3. The number of hydrogen-bond donors (Lipinski definition) is 2. The number of aliphatic hydroxyl groups excluding tert-OH is 1. The second kappa shape index (κ2) is 13.1. The van der Waals surface area contributed by atoms with Gasteiger partial charge in [0.25, 0.3) is 5.56 Å². The Labute approximate surface area is 244 Å². The van der Waals surface area contributed by atoms with Crippen LogP contribution in [-0.4, -0.2) is 57.5 Å². The van der Waals surface area contributed by atoms with Gasteiger partial charge in [-0.25, -0.2) is 19.2 Å². The summed E-state index contributed by atoms with van der Waals surface area (Å²) in [5.74, 6) is -2.30. The Morgan fingerprint density at radius 1 is 0.744 bits per heavy atom. The molecular weight excluding hydrogens is 560 g/mol. The van der Waals surface area contributed by atoms with Gasteiger partial charge >= 0.3 is 23.6 Å². The van der Waals surface area contributed by atoms with Gasteiger partial charge in [-0.1, -0.05) is 54.6 Å². The third-order valence-corrected chi connectivity index (χ3v) is 6.66. The van der Waals surface area contributed by atoms with Crippen LogP contribution < -0.4 is 11.2 Å². The number of aromatic amines is 1. The summed E-state index contributed by atoms with van der Waals surface area (Å²) >= 11 is 0. The lowest BCUT2D eigenvalue weighted by atomic mass is 10.1. The first-order valence-corrected chi connectivity index (χ1v) is 13.2. The number of nitrogens with one attached hydrogen (secondary N) is 1. The smallest absolute Gasteiger partial charge is 0.338 e. The van der Waals surface area contributed by atoms with Gasteiger partial charge in [-0.2, -0.15) is 0 Å². The van der Waals surface area contributed by atoms with Crippen LogP contribution in [0.4, 0.5) is 0 Å². The average Bonchev–Trinajstić information content (AvgIpc) is 3.36. The Morgan fingerprint density at radius 3 is 1.74 bits per heavy atom. The van der Waals surface area contributed by atoms with Gasteiger partial charge in [0.1, 0.15) is 12.7 Å². The Hall–Kier alpha value is -5.33. The molecule has 2 heterocycles. The molecule has 1 aliphatic heterocycles. The monoisotopic (exact) mass is 586 g/mol. The molecule has 0 aliphatic carbocycles. The highest BCUT2D eigenvalue weighted by Gasteiger charge is 2.51. The van der Waals surface area contributed by atoms with Crippen LogP contribution in [-0.2, 0) is 25.6 Å². The summed E-state index contributed by atoms with van der Waals surface area (Å²) in [4.78, 5) is 66.3. The molecule has 0 spiro atoms. The minimum atomic E-state index is -1.46. The van der Waals surface area contributed by atoms with Gasteiger partial charge in [0.05, 0.1) is 28.9 Å². The molecule has 1 aromatic heterocycles. The van der Waals surface area contributed by atoms with Crippen LogP contribution in [0.5, 0.6) is 0 Å². The number of esters is 3. The maximum atomic E-state index is 13.2. The number of carbonyl (C=O) groups is 3. The second-order valence-electron chi connectivity index (χ2n) is 9.48. The average molecular weight is 587 g/mol. The van der Waals surface area contributed by atoms with Crippen LogP contribution in [0.1, 0.15) is 42.9 Å². The van der Waals surface area contributed by atoms with E-state index in [9.17, 15) is 29.1 Å². The first kappa shape index (κ1) is 29.2. The molecule has 3 aromatic carbocycles. The normalized spacial score (nSPS) is 19.4. The molecule has 1 fully saturated rings. The predicted molar refractivity (Wildman–Crippen MR) is 149 cm³/mol. The molecule has 4 aromatic rings. The molecule has 0 bridgehead atoms. The first-order valence-electron chi connectivity index (χ1n) is 13.2. The van der Waals surface area contributed by atoms with E-state index in [4.69, 9.17) is 18.9 Å². The molecular formula is C31H26N2O10. The molecule has 43 heavy (non-hydrogen) atoms. The van der Waals surface area contributed by atoms with E-state index in [2.05, 4.69) is 4.98 Å². The minimum absolute atomic E-state index is 0.165. The van der Waals surface area contributed by atoms with Crippen molar-refractivity contribution >= 4 is 17.9 Å². The molecule has 1 aliphatic rings. The lowest BCUT2D eigenvalue weighted by Crippen LogP contribution is -2.43. The van der Waals surface area contributed by atoms with Crippen molar-refractivity contribution in [3.63, 3.8) is 0 Å². The largest absolute Gasteiger partial charge is 0.459 e. The number of nitrogens with zero attached hydrogens (tertiary/aromatic N) is 1. The minimum Gasteiger partial charge on any atom is -0.459 e. The second-order valence-corrected chi connectivity index (χ2v) is 9.48. The van der Waals surface area contributed by atoms with Crippen molar-refractivity contribution < 1.29 is 38.4 Å². The van der Waals surface area contributed by atoms with Gasteiger partial charge in [0, 0.05) is 6.20 Å². The van der Waals surface area contributed by atoms with E-state index in [-0.39, 0.29) is 22.3 Å².